The molecule has 0 aliphatic rings. The quantitative estimate of drug-likeness (QED) is 0.509. The number of nitrogens with one attached hydrogen (secondary N) is 1. The van der Waals surface area contributed by atoms with Gasteiger partial charge in [0.05, 0.1) is 7.11 Å². The molecule has 0 radical (unpaired) electrons. The average Bonchev–Trinajstić information content (AvgIpc) is 2.82. The van der Waals surface area contributed by atoms with Crippen LogP contribution in [0.15, 0.2) is 36.5 Å². The molecule has 18 heavy (non-hydrogen) atoms. The normalized spacial score (nSPS) is 10.9. The summed E-state index contributed by atoms with van der Waals surface area (Å²) < 4.78 is 4.52. The fourth-order valence-corrected chi connectivity index (χ4v) is 1.90. The number of fused-ring (bicyclic) bond motifs is 1. The Hall–Kier alpha value is -2.36. The summed E-state index contributed by atoms with van der Waals surface area (Å²) in [6.45, 7) is 0. The standard InChI is InChI=1S/C14H13NO3/c1-18-13(17)7-3-5-10-4-2-6-12-14(10)11(9-16)8-15-12/h2-4,6-9,15H,5H2,1H3. The lowest BCUT2D eigenvalue weighted by Crippen LogP contribution is -1.94. The summed E-state index contributed by atoms with van der Waals surface area (Å²) in [5, 5.41) is 0.905. The minimum absolute atomic E-state index is 0.383. The van der Waals surface area contributed by atoms with Gasteiger partial charge in [0.2, 0.25) is 0 Å². The van der Waals surface area contributed by atoms with Crippen molar-refractivity contribution in [1.29, 1.82) is 0 Å². The number of carbonyl (C=O) groups is 2. The van der Waals surface area contributed by atoms with Crippen molar-refractivity contribution in [2.45, 2.75) is 6.42 Å². The number of carbonyl (C=O) groups excluding carboxylic acids is 2. The number of esters is 1. The topological polar surface area (TPSA) is 59.2 Å². The Kier molecular flexibility index (Phi) is 3.57. The number of H-pyrrole nitrogens is 1. The molecule has 1 heterocycles. The highest BCUT2D eigenvalue weighted by molar-refractivity contribution is 5.99. The van der Waals surface area contributed by atoms with Gasteiger partial charge in [-0.3, -0.25) is 4.79 Å². The zero-order valence-electron chi connectivity index (χ0n) is 9.97. The molecular weight excluding hydrogens is 230 g/mol. The number of ether oxygens (including phenoxy) is 1. The lowest BCUT2D eigenvalue weighted by Gasteiger charge is -2.00. The molecule has 92 valence electrons. The third-order valence-electron chi connectivity index (χ3n) is 2.74. The van der Waals surface area contributed by atoms with Crippen molar-refractivity contribution in [3.63, 3.8) is 0 Å². The molecule has 4 nitrogen and oxygen atoms in total. The fraction of sp³-hybridized carbons (Fsp3) is 0.143. The molecule has 0 aliphatic carbocycles. The zero-order valence-corrected chi connectivity index (χ0v) is 9.97. The van der Waals surface area contributed by atoms with Gasteiger partial charge in [0.25, 0.3) is 0 Å². The Labute approximate surface area is 104 Å². The first-order chi connectivity index (χ1) is 8.76. The van der Waals surface area contributed by atoms with Crippen molar-refractivity contribution in [2.24, 2.45) is 0 Å². The van der Waals surface area contributed by atoms with Gasteiger partial charge in [0, 0.05) is 28.7 Å². The monoisotopic (exact) mass is 243 g/mol. The van der Waals surface area contributed by atoms with E-state index in [0.29, 0.717) is 12.0 Å². The maximum Gasteiger partial charge on any atom is 0.330 e. The number of methoxy groups -OCH3 is 1. The molecule has 1 aromatic carbocycles. The van der Waals surface area contributed by atoms with Crippen LogP contribution in [0.5, 0.6) is 0 Å². The number of allylic oxidation sites excluding steroid dienone is 1. The van der Waals surface area contributed by atoms with E-state index >= 15 is 0 Å². The first-order valence-electron chi connectivity index (χ1n) is 5.55. The molecule has 0 spiro atoms. The van der Waals surface area contributed by atoms with Crippen LogP contribution in [0.25, 0.3) is 10.9 Å². The third kappa shape index (κ3) is 2.32. The largest absolute Gasteiger partial charge is 0.466 e. The fourth-order valence-electron chi connectivity index (χ4n) is 1.90. The highest BCUT2D eigenvalue weighted by Gasteiger charge is 2.06. The third-order valence-corrected chi connectivity index (χ3v) is 2.74. The van der Waals surface area contributed by atoms with E-state index in [4.69, 9.17) is 0 Å². The SMILES string of the molecule is COC(=O)C=CCc1cccc2[nH]cc(C=O)c12. The second-order valence-electron chi connectivity index (χ2n) is 3.83. The van der Waals surface area contributed by atoms with E-state index in [9.17, 15) is 9.59 Å². The van der Waals surface area contributed by atoms with Crippen LogP contribution in [-0.2, 0) is 16.0 Å². The van der Waals surface area contributed by atoms with Gasteiger partial charge >= 0.3 is 5.97 Å². The molecule has 2 aromatic rings. The van der Waals surface area contributed by atoms with Crippen LogP contribution in [0.1, 0.15) is 15.9 Å². The Morgan fingerprint density at radius 3 is 3.00 bits per heavy atom. The van der Waals surface area contributed by atoms with Gasteiger partial charge in [0.1, 0.15) is 0 Å². The van der Waals surface area contributed by atoms with Gasteiger partial charge < -0.3 is 9.72 Å². The minimum atomic E-state index is -0.383. The second-order valence-corrected chi connectivity index (χ2v) is 3.83. The number of rotatable bonds is 4. The Bertz CT molecular complexity index is 611. The van der Waals surface area contributed by atoms with Crippen LogP contribution >= 0.6 is 0 Å². The number of hydrogen-bond acceptors (Lipinski definition) is 3. The van der Waals surface area contributed by atoms with Gasteiger partial charge in [-0.05, 0) is 18.1 Å². The van der Waals surface area contributed by atoms with Gasteiger partial charge in [-0.2, -0.15) is 0 Å². The van der Waals surface area contributed by atoms with E-state index in [1.165, 1.54) is 13.2 Å². The van der Waals surface area contributed by atoms with Gasteiger partial charge in [-0.1, -0.05) is 18.2 Å². The van der Waals surface area contributed by atoms with E-state index in [1.807, 2.05) is 18.2 Å². The van der Waals surface area contributed by atoms with E-state index in [1.54, 1.807) is 12.3 Å². The average molecular weight is 243 g/mol. The van der Waals surface area contributed by atoms with Crippen LogP contribution < -0.4 is 0 Å². The van der Waals surface area contributed by atoms with Gasteiger partial charge in [-0.25, -0.2) is 4.79 Å². The predicted molar refractivity (Wildman–Crippen MR) is 68.5 cm³/mol. The Morgan fingerprint density at radius 1 is 1.44 bits per heavy atom. The summed E-state index contributed by atoms with van der Waals surface area (Å²) in [5.41, 5.74) is 2.55. The summed E-state index contributed by atoms with van der Waals surface area (Å²) in [4.78, 5) is 25.0. The van der Waals surface area contributed by atoms with E-state index in [-0.39, 0.29) is 5.97 Å². The van der Waals surface area contributed by atoms with Crippen molar-refractivity contribution in [2.75, 3.05) is 7.11 Å². The maximum absolute atomic E-state index is 11.0. The Balaban J connectivity index is 2.33. The highest BCUT2D eigenvalue weighted by Crippen LogP contribution is 2.22. The smallest absolute Gasteiger partial charge is 0.330 e. The molecule has 4 heteroatoms. The molecule has 1 N–H and O–H groups in total. The van der Waals surface area contributed by atoms with Crippen LogP contribution in [0, 0.1) is 0 Å². The van der Waals surface area contributed by atoms with Crippen molar-refractivity contribution in [1.82, 2.24) is 4.98 Å². The summed E-state index contributed by atoms with van der Waals surface area (Å²) in [5.74, 6) is -0.383. The van der Waals surface area contributed by atoms with Crippen molar-refractivity contribution in [3.8, 4) is 0 Å². The maximum atomic E-state index is 11.0. The molecule has 0 bridgehead atoms. The van der Waals surface area contributed by atoms with E-state index in [2.05, 4.69) is 9.72 Å². The summed E-state index contributed by atoms with van der Waals surface area (Å²) in [6, 6.07) is 5.76. The second kappa shape index (κ2) is 5.31. The molecule has 0 atom stereocenters. The zero-order chi connectivity index (χ0) is 13.0. The molecular formula is C14H13NO3. The highest BCUT2D eigenvalue weighted by atomic mass is 16.5. The van der Waals surface area contributed by atoms with E-state index < -0.39 is 0 Å². The van der Waals surface area contributed by atoms with Crippen LogP contribution in [0.4, 0.5) is 0 Å². The number of aromatic amines is 1. The van der Waals surface area contributed by atoms with E-state index in [0.717, 1.165) is 22.8 Å². The molecule has 0 fully saturated rings. The first kappa shape index (κ1) is 12.1. The lowest BCUT2D eigenvalue weighted by molar-refractivity contribution is -0.134. The van der Waals surface area contributed by atoms with Crippen LogP contribution in [0.3, 0.4) is 0 Å². The van der Waals surface area contributed by atoms with Crippen LogP contribution in [0.2, 0.25) is 0 Å². The van der Waals surface area contributed by atoms with Gasteiger partial charge in [0.15, 0.2) is 6.29 Å². The molecule has 0 unspecified atom stereocenters. The molecule has 0 aliphatic heterocycles. The molecule has 0 amide bonds. The summed E-state index contributed by atoms with van der Waals surface area (Å²) >= 11 is 0. The minimum Gasteiger partial charge on any atom is -0.466 e. The number of hydrogen-bond donors (Lipinski definition) is 1. The number of aromatic nitrogens is 1. The van der Waals surface area contributed by atoms with Crippen molar-refractivity contribution < 1.29 is 14.3 Å². The van der Waals surface area contributed by atoms with Crippen molar-refractivity contribution >= 4 is 23.2 Å². The van der Waals surface area contributed by atoms with Crippen LogP contribution in [-0.4, -0.2) is 24.3 Å². The number of benzene rings is 1. The number of aldehydes is 1. The Morgan fingerprint density at radius 2 is 2.28 bits per heavy atom. The summed E-state index contributed by atoms with van der Waals surface area (Å²) in [7, 11) is 1.34. The first-order valence-corrected chi connectivity index (χ1v) is 5.55. The molecule has 0 saturated carbocycles. The predicted octanol–water partition coefficient (Wildman–Crippen LogP) is 2.25. The molecule has 2 rings (SSSR count). The van der Waals surface area contributed by atoms with Gasteiger partial charge in [-0.15, -0.1) is 0 Å². The van der Waals surface area contributed by atoms with Crippen molar-refractivity contribution in [3.05, 3.63) is 47.7 Å². The molecule has 0 saturated heterocycles. The summed E-state index contributed by atoms with van der Waals surface area (Å²) in [6.07, 6.45) is 6.19. The molecule has 1 aromatic heterocycles. The lowest BCUT2D eigenvalue weighted by atomic mass is 10.0.